The predicted molar refractivity (Wildman–Crippen MR) is 98.9 cm³/mol. The van der Waals surface area contributed by atoms with E-state index < -0.39 is 23.4 Å². The average Bonchev–Trinajstić information content (AvgIpc) is 2.63. The number of ether oxygens (including phenoxy) is 1. The highest BCUT2D eigenvalue weighted by molar-refractivity contribution is 6.64. The van der Waals surface area contributed by atoms with Crippen LogP contribution < -0.4 is 5.43 Å². The van der Waals surface area contributed by atoms with Crippen molar-refractivity contribution >= 4 is 29.1 Å². The summed E-state index contributed by atoms with van der Waals surface area (Å²) in [5.74, 6) is -2.76. The predicted octanol–water partition coefficient (Wildman–Crippen LogP) is 2.68. The Balaban J connectivity index is 2.38. The van der Waals surface area contributed by atoms with Gasteiger partial charge in [-0.05, 0) is 30.7 Å². The second kappa shape index (κ2) is 8.61. The lowest BCUT2D eigenvalue weighted by molar-refractivity contribution is -0.135. The zero-order valence-electron chi connectivity index (χ0n) is 14.7. The number of carboxylic acids is 1. The van der Waals surface area contributed by atoms with Crippen LogP contribution in [0.5, 0.6) is 5.75 Å². The third-order valence-electron chi connectivity index (χ3n) is 3.55. The molecule has 0 aliphatic heterocycles. The number of benzene rings is 2. The molecular weight excluding hydrogens is 352 g/mol. The van der Waals surface area contributed by atoms with E-state index in [1.807, 2.05) is 0 Å². The fraction of sp³-hybridized carbons (Fsp3) is 0.158. The summed E-state index contributed by atoms with van der Waals surface area (Å²) >= 11 is 0. The van der Waals surface area contributed by atoms with Gasteiger partial charge in [0.2, 0.25) is 5.71 Å². The maximum atomic E-state index is 11.7. The highest BCUT2D eigenvalue weighted by Gasteiger charge is 2.18. The van der Waals surface area contributed by atoms with Crippen molar-refractivity contribution in [2.75, 3.05) is 12.0 Å². The number of Topliss-reactive ketones (excluding diaryl/α,β-unsaturated/α-hetero) is 1. The van der Waals surface area contributed by atoms with Crippen LogP contribution in [0.25, 0.3) is 11.1 Å². The molecular formula is C19H18N2O6. The molecule has 0 aliphatic carbocycles. The maximum Gasteiger partial charge on any atom is 0.362 e. The Labute approximate surface area is 155 Å². The van der Waals surface area contributed by atoms with E-state index in [9.17, 15) is 19.5 Å². The highest BCUT2D eigenvalue weighted by atomic mass is 16.5. The van der Waals surface area contributed by atoms with Crippen molar-refractivity contribution in [1.82, 2.24) is 0 Å². The van der Waals surface area contributed by atoms with E-state index in [2.05, 4.69) is 10.5 Å². The molecule has 0 fully saturated rings. The lowest BCUT2D eigenvalue weighted by atomic mass is 10.0. The van der Waals surface area contributed by atoms with E-state index in [1.54, 1.807) is 31.2 Å². The van der Waals surface area contributed by atoms with E-state index in [4.69, 9.17) is 9.84 Å². The van der Waals surface area contributed by atoms with Gasteiger partial charge in [0.25, 0.3) is 0 Å². The van der Waals surface area contributed by atoms with Gasteiger partial charge in [0.15, 0.2) is 5.78 Å². The SMILES string of the molecule is CCOC(=O)C(=NNc1cccc(-c2cccc(C(=O)O)c2)c1O)C(C)=O. The van der Waals surface area contributed by atoms with E-state index in [0.29, 0.717) is 11.1 Å². The van der Waals surface area contributed by atoms with E-state index >= 15 is 0 Å². The summed E-state index contributed by atoms with van der Waals surface area (Å²) in [4.78, 5) is 34.4. The van der Waals surface area contributed by atoms with Gasteiger partial charge in [-0.3, -0.25) is 10.2 Å². The lowest BCUT2D eigenvalue weighted by Crippen LogP contribution is -2.25. The number of anilines is 1. The minimum Gasteiger partial charge on any atom is -0.505 e. The lowest BCUT2D eigenvalue weighted by Gasteiger charge is -2.11. The van der Waals surface area contributed by atoms with Crippen LogP contribution in [0.1, 0.15) is 24.2 Å². The van der Waals surface area contributed by atoms with Crippen molar-refractivity contribution in [2.24, 2.45) is 5.10 Å². The molecule has 0 unspecified atom stereocenters. The van der Waals surface area contributed by atoms with Gasteiger partial charge in [-0.15, -0.1) is 0 Å². The van der Waals surface area contributed by atoms with Crippen LogP contribution in [0, 0.1) is 0 Å². The van der Waals surface area contributed by atoms with Gasteiger partial charge in [0.1, 0.15) is 5.75 Å². The summed E-state index contributed by atoms with van der Waals surface area (Å²) in [5, 5.41) is 23.3. The summed E-state index contributed by atoms with van der Waals surface area (Å²) in [7, 11) is 0. The van der Waals surface area contributed by atoms with Crippen LogP contribution in [0.4, 0.5) is 5.69 Å². The van der Waals surface area contributed by atoms with Crippen molar-refractivity contribution in [2.45, 2.75) is 13.8 Å². The monoisotopic (exact) mass is 370 g/mol. The first-order valence-corrected chi connectivity index (χ1v) is 8.02. The minimum absolute atomic E-state index is 0.0736. The number of carboxylic acid groups (broad SMARTS) is 1. The molecule has 0 aromatic heterocycles. The van der Waals surface area contributed by atoms with E-state index in [-0.39, 0.29) is 23.6 Å². The standard InChI is InChI=1S/C19H18N2O6/c1-3-27-19(26)16(11(2)22)21-20-15-9-5-8-14(17(15)23)12-6-4-7-13(10-12)18(24)25/h4-10,20,23H,3H2,1-2H3,(H,24,25). The second-order valence-corrected chi connectivity index (χ2v) is 5.44. The molecule has 0 saturated carbocycles. The zero-order valence-corrected chi connectivity index (χ0v) is 14.7. The Hall–Kier alpha value is -3.68. The fourth-order valence-corrected chi connectivity index (χ4v) is 2.27. The van der Waals surface area contributed by atoms with Gasteiger partial charge < -0.3 is 14.9 Å². The van der Waals surface area contributed by atoms with Crippen molar-refractivity contribution in [1.29, 1.82) is 0 Å². The first kappa shape index (κ1) is 19.6. The number of aromatic hydroxyl groups is 1. The molecule has 0 radical (unpaired) electrons. The first-order valence-electron chi connectivity index (χ1n) is 8.02. The summed E-state index contributed by atoms with van der Waals surface area (Å²) < 4.78 is 4.76. The number of ketones is 1. The van der Waals surface area contributed by atoms with Crippen LogP contribution in [-0.4, -0.2) is 40.3 Å². The molecule has 0 bridgehead atoms. The van der Waals surface area contributed by atoms with Crippen molar-refractivity contribution in [3.05, 3.63) is 48.0 Å². The topological polar surface area (TPSA) is 125 Å². The normalized spacial score (nSPS) is 11.0. The molecule has 0 atom stereocenters. The van der Waals surface area contributed by atoms with Gasteiger partial charge in [-0.1, -0.05) is 24.3 Å². The van der Waals surface area contributed by atoms with Crippen molar-refractivity contribution in [3.63, 3.8) is 0 Å². The van der Waals surface area contributed by atoms with Gasteiger partial charge >= 0.3 is 11.9 Å². The second-order valence-electron chi connectivity index (χ2n) is 5.44. The number of rotatable bonds is 7. The van der Waals surface area contributed by atoms with Crippen LogP contribution in [0.3, 0.4) is 0 Å². The average molecular weight is 370 g/mol. The smallest absolute Gasteiger partial charge is 0.362 e. The summed E-state index contributed by atoms with van der Waals surface area (Å²) in [6.07, 6.45) is 0. The molecule has 2 rings (SSSR count). The van der Waals surface area contributed by atoms with Crippen LogP contribution in [0.15, 0.2) is 47.6 Å². The number of esters is 1. The van der Waals surface area contributed by atoms with Gasteiger partial charge in [0, 0.05) is 12.5 Å². The molecule has 140 valence electrons. The van der Waals surface area contributed by atoms with Crippen LogP contribution in [-0.2, 0) is 14.3 Å². The molecule has 0 spiro atoms. The van der Waals surface area contributed by atoms with Crippen molar-refractivity contribution < 1.29 is 29.3 Å². The minimum atomic E-state index is -1.09. The Morgan fingerprint density at radius 2 is 1.85 bits per heavy atom. The molecule has 2 aromatic rings. The van der Waals surface area contributed by atoms with E-state index in [0.717, 1.165) is 0 Å². The number of nitrogens with zero attached hydrogens (tertiary/aromatic N) is 1. The van der Waals surface area contributed by atoms with Gasteiger partial charge in [-0.25, -0.2) is 9.59 Å². The number of phenolic OH excluding ortho intramolecular Hbond substituents is 1. The Kier molecular flexibility index (Phi) is 6.27. The Morgan fingerprint density at radius 1 is 1.15 bits per heavy atom. The fourth-order valence-electron chi connectivity index (χ4n) is 2.27. The molecule has 8 nitrogen and oxygen atoms in total. The number of hydrogen-bond acceptors (Lipinski definition) is 7. The van der Waals surface area contributed by atoms with Gasteiger partial charge in [-0.2, -0.15) is 5.10 Å². The quantitative estimate of drug-likeness (QED) is 0.225. The summed E-state index contributed by atoms with van der Waals surface area (Å²) in [6.45, 7) is 2.86. The highest BCUT2D eigenvalue weighted by Crippen LogP contribution is 2.35. The number of hydrogen-bond donors (Lipinski definition) is 3. The molecule has 8 heteroatoms. The third kappa shape index (κ3) is 4.69. The number of nitrogens with one attached hydrogen (secondary N) is 1. The zero-order chi connectivity index (χ0) is 20.0. The molecule has 0 saturated heterocycles. The van der Waals surface area contributed by atoms with Crippen LogP contribution in [0.2, 0.25) is 0 Å². The number of aromatic carboxylic acids is 1. The largest absolute Gasteiger partial charge is 0.505 e. The number of hydrazone groups is 1. The number of para-hydroxylation sites is 1. The van der Waals surface area contributed by atoms with Crippen LogP contribution >= 0.6 is 0 Å². The first-order chi connectivity index (χ1) is 12.8. The molecule has 27 heavy (non-hydrogen) atoms. The Morgan fingerprint density at radius 3 is 2.48 bits per heavy atom. The maximum absolute atomic E-state index is 11.7. The molecule has 0 amide bonds. The number of carbonyl (C=O) groups is 3. The third-order valence-corrected chi connectivity index (χ3v) is 3.55. The number of phenols is 1. The van der Waals surface area contributed by atoms with Crippen molar-refractivity contribution in [3.8, 4) is 16.9 Å². The summed E-state index contributed by atoms with van der Waals surface area (Å²) in [6, 6.07) is 10.8. The summed E-state index contributed by atoms with van der Waals surface area (Å²) in [5.41, 5.74) is 3.10. The van der Waals surface area contributed by atoms with Gasteiger partial charge in [0.05, 0.1) is 17.9 Å². The Bertz CT molecular complexity index is 920. The molecule has 2 aromatic carbocycles. The molecule has 0 aliphatic rings. The number of carbonyl (C=O) groups excluding carboxylic acids is 2. The van der Waals surface area contributed by atoms with E-state index in [1.165, 1.54) is 25.1 Å². The molecule has 0 heterocycles. The molecule has 3 N–H and O–H groups in total.